The molecule has 0 saturated heterocycles. The van der Waals surface area contributed by atoms with Crippen LogP contribution in [0.1, 0.15) is 20.9 Å². The topological polar surface area (TPSA) is 92.9 Å². The molecule has 0 fully saturated rings. The summed E-state index contributed by atoms with van der Waals surface area (Å²) in [5.74, 6) is 0.0660. The van der Waals surface area contributed by atoms with Gasteiger partial charge < -0.3 is 9.84 Å². The second-order valence-corrected chi connectivity index (χ2v) is 7.93. The summed E-state index contributed by atoms with van der Waals surface area (Å²) < 4.78 is 5.28. The van der Waals surface area contributed by atoms with Gasteiger partial charge in [-0.3, -0.25) is 10.1 Å². The van der Waals surface area contributed by atoms with Crippen molar-refractivity contribution >= 4 is 44.5 Å². The number of hydrogen-bond acceptors (Lipinski definition) is 8. The van der Waals surface area contributed by atoms with E-state index in [9.17, 15) is 4.79 Å². The molecule has 9 heteroatoms. The molecule has 0 aliphatic heterocycles. The second-order valence-electron chi connectivity index (χ2n) is 5.84. The fourth-order valence-electron chi connectivity index (χ4n) is 2.28. The summed E-state index contributed by atoms with van der Waals surface area (Å²) in [5.41, 5.74) is 2.95. The number of aryl methyl sites for hydroxylation is 2. The molecule has 0 unspecified atom stereocenters. The summed E-state index contributed by atoms with van der Waals surface area (Å²) in [4.78, 5) is 21.9. The van der Waals surface area contributed by atoms with Gasteiger partial charge in [0.1, 0.15) is 5.69 Å². The number of nitrogens with zero attached hydrogens (tertiary/aromatic N) is 3. The summed E-state index contributed by atoms with van der Waals surface area (Å²) in [6, 6.07) is 9.62. The molecule has 1 aromatic carbocycles. The number of rotatable bonds is 5. The van der Waals surface area contributed by atoms with Crippen molar-refractivity contribution in [2.24, 2.45) is 0 Å². The van der Waals surface area contributed by atoms with Crippen LogP contribution in [-0.2, 0) is 0 Å². The highest BCUT2D eigenvalue weighted by molar-refractivity contribution is 7.15. The molecule has 27 heavy (non-hydrogen) atoms. The maximum absolute atomic E-state index is 12.2. The lowest BCUT2D eigenvalue weighted by atomic mass is 10.2. The minimum Gasteiger partial charge on any atom is -0.354 e. The third-order valence-corrected chi connectivity index (χ3v) is 5.23. The van der Waals surface area contributed by atoms with Gasteiger partial charge in [-0.1, -0.05) is 22.9 Å². The molecule has 2 N–H and O–H groups in total. The van der Waals surface area contributed by atoms with Crippen LogP contribution in [0, 0.1) is 13.8 Å². The summed E-state index contributed by atoms with van der Waals surface area (Å²) in [6.07, 6.45) is 1.70. The maximum Gasteiger partial charge on any atom is 0.279 e. The monoisotopic (exact) mass is 397 g/mol. The minimum atomic E-state index is -0.368. The standard InChI is InChI=1S/C18H15N5O2S2/c1-10-3-5-12(6-4-10)20-18-21-14(9-26-18)15-7-13(23-25-15)16(24)22-17-19-8-11(2)27-17/h3-9H,1-2H3,(H,20,21)(H,19,22,24). The van der Waals surface area contributed by atoms with Crippen molar-refractivity contribution in [3.8, 4) is 11.5 Å². The van der Waals surface area contributed by atoms with Crippen LogP contribution >= 0.6 is 22.7 Å². The molecule has 0 aliphatic carbocycles. The van der Waals surface area contributed by atoms with Gasteiger partial charge in [-0.05, 0) is 26.0 Å². The van der Waals surface area contributed by atoms with Gasteiger partial charge in [0.2, 0.25) is 0 Å². The second kappa shape index (κ2) is 7.29. The molecule has 0 aliphatic rings. The summed E-state index contributed by atoms with van der Waals surface area (Å²) in [5, 5.41) is 12.9. The van der Waals surface area contributed by atoms with Crippen molar-refractivity contribution in [1.29, 1.82) is 0 Å². The largest absolute Gasteiger partial charge is 0.354 e. The van der Waals surface area contributed by atoms with Crippen LogP contribution in [0.4, 0.5) is 16.0 Å². The number of aromatic nitrogens is 3. The molecule has 0 radical (unpaired) electrons. The van der Waals surface area contributed by atoms with E-state index in [2.05, 4.69) is 25.8 Å². The normalized spacial score (nSPS) is 10.7. The number of thiazole rings is 2. The summed E-state index contributed by atoms with van der Waals surface area (Å²) >= 11 is 2.85. The third kappa shape index (κ3) is 4.04. The van der Waals surface area contributed by atoms with Crippen molar-refractivity contribution in [2.75, 3.05) is 10.6 Å². The Balaban J connectivity index is 1.46. The number of carbonyl (C=O) groups is 1. The molecule has 1 amide bonds. The first-order valence-electron chi connectivity index (χ1n) is 8.07. The van der Waals surface area contributed by atoms with Crippen LogP contribution in [0.15, 0.2) is 46.4 Å². The summed E-state index contributed by atoms with van der Waals surface area (Å²) in [6.45, 7) is 3.96. The van der Waals surface area contributed by atoms with Crippen molar-refractivity contribution in [3.05, 3.63) is 58.0 Å². The highest BCUT2D eigenvalue weighted by Gasteiger charge is 2.17. The highest BCUT2D eigenvalue weighted by atomic mass is 32.1. The first-order chi connectivity index (χ1) is 13.1. The molecule has 4 rings (SSSR count). The van der Waals surface area contributed by atoms with Gasteiger partial charge in [0.15, 0.2) is 21.7 Å². The predicted octanol–water partition coefficient (Wildman–Crippen LogP) is 4.87. The molecule has 0 spiro atoms. The van der Waals surface area contributed by atoms with Crippen molar-refractivity contribution in [2.45, 2.75) is 13.8 Å². The molecule has 3 aromatic heterocycles. The molecular formula is C18H15N5O2S2. The first-order valence-corrected chi connectivity index (χ1v) is 9.76. The van der Waals surface area contributed by atoms with Crippen LogP contribution < -0.4 is 10.6 Å². The molecule has 7 nitrogen and oxygen atoms in total. The van der Waals surface area contributed by atoms with Gasteiger partial charge in [-0.15, -0.1) is 22.7 Å². The predicted molar refractivity (Wildman–Crippen MR) is 107 cm³/mol. The van der Waals surface area contributed by atoms with E-state index in [0.29, 0.717) is 16.6 Å². The van der Waals surface area contributed by atoms with Gasteiger partial charge in [-0.2, -0.15) is 0 Å². The Morgan fingerprint density at radius 2 is 1.96 bits per heavy atom. The molecule has 3 heterocycles. The number of benzene rings is 1. The summed E-state index contributed by atoms with van der Waals surface area (Å²) in [7, 11) is 0. The zero-order valence-electron chi connectivity index (χ0n) is 14.5. The van der Waals surface area contributed by atoms with Crippen LogP contribution in [0.3, 0.4) is 0 Å². The van der Waals surface area contributed by atoms with Gasteiger partial charge in [-0.25, -0.2) is 9.97 Å². The Labute approximate surface area is 163 Å². The van der Waals surface area contributed by atoms with E-state index >= 15 is 0 Å². The zero-order valence-corrected chi connectivity index (χ0v) is 16.1. The number of hydrogen-bond donors (Lipinski definition) is 2. The minimum absolute atomic E-state index is 0.180. The molecule has 4 aromatic rings. The number of amides is 1. The number of nitrogens with one attached hydrogen (secondary N) is 2. The lowest BCUT2D eigenvalue weighted by Crippen LogP contribution is -2.11. The van der Waals surface area contributed by atoms with Crippen LogP contribution in [0.2, 0.25) is 0 Å². The SMILES string of the molecule is Cc1ccc(Nc2nc(-c3cc(C(=O)Nc4ncc(C)s4)no3)cs2)cc1. The average molecular weight is 397 g/mol. The molecule has 136 valence electrons. The van der Waals surface area contributed by atoms with Crippen LogP contribution in [0.25, 0.3) is 11.5 Å². The van der Waals surface area contributed by atoms with Crippen LogP contribution in [0.5, 0.6) is 0 Å². The van der Waals surface area contributed by atoms with E-state index in [4.69, 9.17) is 4.52 Å². The van der Waals surface area contributed by atoms with E-state index in [1.54, 1.807) is 12.3 Å². The van der Waals surface area contributed by atoms with E-state index in [-0.39, 0.29) is 11.6 Å². The smallest absolute Gasteiger partial charge is 0.279 e. The molecule has 0 bridgehead atoms. The molecule has 0 saturated carbocycles. The number of anilines is 3. The fraction of sp³-hybridized carbons (Fsp3) is 0.111. The van der Waals surface area contributed by atoms with Crippen molar-refractivity contribution < 1.29 is 9.32 Å². The maximum atomic E-state index is 12.2. The van der Waals surface area contributed by atoms with E-state index in [1.165, 1.54) is 28.2 Å². The number of carbonyl (C=O) groups excluding carboxylic acids is 1. The third-order valence-electron chi connectivity index (χ3n) is 3.64. The first kappa shape index (κ1) is 17.4. The quantitative estimate of drug-likeness (QED) is 0.499. The van der Waals surface area contributed by atoms with Gasteiger partial charge >= 0.3 is 0 Å². The lowest BCUT2D eigenvalue weighted by Gasteiger charge is -2.01. The van der Waals surface area contributed by atoms with Crippen molar-refractivity contribution in [3.63, 3.8) is 0 Å². The molecular weight excluding hydrogens is 382 g/mol. The Bertz CT molecular complexity index is 1080. The Kier molecular flexibility index (Phi) is 4.69. The zero-order chi connectivity index (χ0) is 18.8. The van der Waals surface area contributed by atoms with Gasteiger partial charge in [0.25, 0.3) is 5.91 Å². The molecule has 0 atom stereocenters. The Morgan fingerprint density at radius 3 is 2.70 bits per heavy atom. The van der Waals surface area contributed by atoms with Crippen LogP contribution in [-0.4, -0.2) is 21.0 Å². The highest BCUT2D eigenvalue weighted by Crippen LogP contribution is 2.28. The van der Waals surface area contributed by atoms with E-state index < -0.39 is 0 Å². The Hall–Kier alpha value is -3.04. The van der Waals surface area contributed by atoms with Crippen molar-refractivity contribution in [1.82, 2.24) is 15.1 Å². The Morgan fingerprint density at radius 1 is 1.15 bits per heavy atom. The average Bonchev–Trinajstić information content (AvgIpc) is 3.38. The lowest BCUT2D eigenvalue weighted by molar-refractivity contribution is 0.101. The van der Waals surface area contributed by atoms with Gasteiger partial charge in [0.05, 0.1) is 0 Å². The van der Waals surface area contributed by atoms with E-state index in [1.807, 2.05) is 43.5 Å². The fourth-order valence-corrected chi connectivity index (χ4v) is 3.66. The van der Waals surface area contributed by atoms with E-state index in [0.717, 1.165) is 15.7 Å². The van der Waals surface area contributed by atoms with Gasteiger partial charge in [0, 0.05) is 28.2 Å².